The highest BCUT2D eigenvalue weighted by atomic mass is 32.2. The van der Waals surface area contributed by atoms with Gasteiger partial charge in [0.25, 0.3) is 5.22 Å². The quantitative estimate of drug-likeness (QED) is 0.678. The van der Waals surface area contributed by atoms with Crippen LogP contribution in [-0.2, 0) is 19.2 Å². The van der Waals surface area contributed by atoms with Gasteiger partial charge in [0.15, 0.2) is 0 Å². The summed E-state index contributed by atoms with van der Waals surface area (Å²) in [4.78, 5) is 0. The molecule has 0 aliphatic rings. The van der Waals surface area contributed by atoms with Gasteiger partial charge in [-0.2, -0.15) is 5.10 Å². The summed E-state index contributed by atoms with van der Waals surface area (Å²) in [6.45, 7) is 0. The molecule has 0 aliphatic carbocycles. The second-order valence-corrected chi connectivity index (χ2v) is 5.47. The van der Waals surface area contributed by atoms with Crippen LogP contribution in [-0.4, -0.2) is 20.0 Å². The molecule has 0 N–H and O–H groups in total. The monoisotopic (exact) mass is 304 g/mol. The summed E-state index contributed by atoms with van der Waals surface area (Å²) in [7, 11) is 1.87. The topological polar surface area (TPSA) is 56.7 Å². The minimum atomic E-state index is -0.264. The van der Waals surface area contributed by atoms with E-state index in [9.17, 15) is 4.39 Å². The normalized spacial score (nSPS) is 11.0. The number of nitrogens with zero attached hydrogens (tertiary/aromatic N) is 4. The van der Waals surface area contributed by atoms with Crippen LogP contribution in [0.1, 0.15) is 17.0 Å². The van der Waals surface area contributed by atoms with Crippen molar-refractivity contribution in [1.29, 1.82) is 0 Å². The van der Waals surface area contributed by atoms with Gasteiger partial charge in [-0.15, -0.1) is 10.2 Å². The number of hydrogen-bond donors (Lipinski definition) is 0. The van der Waals surface area contributed by atoms with E-state index < -0.39 is 0 Å². The van der Waals surface area contributed by atoms with E-state index in [-0.39, 0.29) is 5.82 Å². The van der Waals surface area contributed by atoms with Gasteiger partial charge in [-0.3, -0.25) is 4.68 Å². The summed E-state index contributed by atoms with van der Waals surface area (Å²) in [5, 5.41) is 12.5. The molecule has 0 saturated heterocycles. The molecule has 0 atom stereocenters. The average Bonchev–Trinajstić information content (AvgIpc) is 3.08. The fraction of sp³-hybridized carbons (Fsp3) is 0.214. The molecule has 0 bridgehead atoms. The highest BCUT2D eigenvalue weighted by Crippen LogP contribution is 2.22. The fourth-order valence-electron chi connectivity index (χ4n) is 1.86. The number of benzene rings is 1. The van der Waals surface area contributed by atoms with Crippen molar-refractivity contribution in [2.45, 2.75) is 17.4 Å². The van der Waals surface area contributed by atoms with Gasteiger partial charge in [0.1, 0.15) is 5.82 Å². The van der Waals surface area contributed by atoms with Crippen molar-refractivity contribution >= 4 is 11.8 Å². The van der Waals surface area contributed by atoms with Crippen LogP contribution in [0.4, 0.5) is 4.39 Å². The third kappa shape index (κ3) is 3.49. The fourth-order valence-corrected chi connectivity index (χ4v) is 2.56. The van der Waals surface area contributed by atoms with Gasteiger partial charge in [-0.05, 0) is 11.6 Å². The molecule has 0 aliphatic heterocycles. The summed E-state index contributed by atoms with van der Waals surface area (Å²) in [5.41, 5.74) is 1.63. The van der Waals surface area contributed by atoms with Crippen molar-refractivity contribution in [2.24, 2.45) is 7.05 Å². The molecule has 0 fully saturated rings. The summed E-state index contributed by atoms with van der Waals surface area (Å²) >= 11 is 1.44. The van der Waals surface area contributed by atoms with Crippen LogP contribution in [0.5, 0.6) is 0 Å². The Hall–Kier alpha value is -2.15. The number of aromatic nitrogens is 4. The molecule has 1 aromatic carbocycles. The molecule has 3 aromatic rings. The lowest BCUT2D eigenvalue weighted by Gasteiger charge is -1.98. The molecule has 0 amide bonds. The van der Waals surface area contributed by atoms with Crippen molar-refractivity contribution in [3.8, 4) is 0 Å². The molecule has 5 nitrogen and oxygen atoms in total. The molecule has 108 valence electrons. The average molecular weight is 304 g/mol. The predicted octanol–water partition coefficient (Wildman–Crippen LogP) is 2.83. The van der Waals surface area contributed by atoms with Crippen LogP contribution in [0.2, 0.25) is 0 Å². The third-order valence-corrected chi connectivity index (χ3v) is 3.76. The van der Waals surface area contributed by atoms with Crippen molar-refractivity contribution in [3.05, 3.63) is 59.5 Å². The smallest absolute Gasteiger partial charge is 0.276 e. The Morgan fingerprint density at radius 3 is 2.90 bits per heavy atom. The second-order valence-electron chi connectivity index (χ2n) is 4.54. The molecule has 21 heavy (non-hydrogen) atoms. The number of halogens is 1. The van der Waals surface area contributed by atoms with Gasteiger partial charge in [-0.1, -0.05) is 30.0 Å². The Balaban J connectivity index is 1.62. The second kappa shape index (κ2) is 6.09. The van der Waals surface area contributed by atoms with Crippen molar-refractivity contribution in [3.63, 3.8) is 0 Å². The van der Waals surface area contributed by atoms with Gasteiger partial charge in [0.05, 0.1) is 12.6 Å². The Labute approximate surface area is 125 Å². The Kier molecular flexibility index (Phi) is 4.01. The van der Waals surface area contributed by atoms with E-state index in [4.69, 9.17) is 4.42 Å². The Morgan fingerprint density at radius 1 is 1.29 bits per heavy atom. The molecule has 0 spiro atoms. The largest absolute Gasteiger partial charge is 0.416 e. The third-order valence-electron chi connectivity index (χ3n) is 2.87. The van der Waals surface area contributed by atoms with Crippen LogP contribution in [0.15, 0.2) is 46.3 Å². The minimum Gasteiger partial charge on any atom is -0.416 e. The van der Waals surface area contributed by atoms with Gasteiger partial charge in [0.2, 0.25) is 5.89 Å². The SMILES string of the molecule is Cn1cc(CSc2nnc(Cc3ccccc3F)o2)cn1. The first kappa shape index (κ1) is 13.8. The van der Waals surface area contributed by atoms with E-state index in [0.29, 0.717) is 28.9 Å². The molecular weight excluding hydrogens is 291 g/mol. The van der Waals surface area contributed by atoms with Crippen molar-refractivity contribution in [1.82, 2.24) is 20.0 Å². The van der Waals surface area contributed by atoms with Gasteiger partial charge in [-0.25, -0.2) is 4.39 Å². The molecule has 0 radical (unpaired) electrons. The standard InChI is InChI=1S/C14H13FN4OS/c1-19-8-10(7-16-19)9-21-14-18-17-13(20-14)6-11-4-2-3-5-12(11)15/h2-5,7-8H,6,9H2,1H3. The van der Waals surface area contributed by atoms with Crippen molar-refractivity contribution < 1.29 is 8.81 Å². The maximum Gasteiger partial charge on any atom is 0.276 e. The molecule has 3 rings (SSSR count). The molecule has 2 heterocycles. The zero-order valence-corrected chi connectivity index (χ0v) is 12.2. The van der Waals surface area contributed by atoms with Crippen LogP contribution in [0.3, 0.4) is 0 Å². The summed E-state index contributed by atoms with van der Waals surface area (Å²) in [6, 6.07) is 6.57. The number of hydrogen-bond acceptors (Lipinski definition) is 5. The van der Waals surface area contributed by atoms with Crippen LogP contribution in [0, 0.1) is 5.82 Å². The van der Waals surface area contributed by atoms with Gasteiger partial charge in [0, 0.05) is 24.6 Å². The first-order valence-electron chi connectivity index (χ1n) is 6.37. The maximum absolute atomic E-state index is 13.5. The predicted molar refractivity (Wildman–Crippen MR) is 76.3 cm³/mol. The molecular formula is C14H13FN4OS. The summed E-state index contributed by atoms with van der Waals surface area (Å²) in [6.07, 6.45) is 4.03. The lowest BCUT2D eigenvalue weighted by molar-refractivity contribution is 0.418. The van der Waals surface area contributed by atoms with Crippen molar-refractivity contribution in [2.75, 3.05) is 0 Å². The number of thioether (sulfide) groups is 1. The molecule has 2 aromatic heterocycles. The summed E-state index contributed by atoms with van der Waals surface area (Å²) < 4.78 is 20.8. The van der Waals surface area contributed by atoms with Crippen LogP contribution >= 0.6 is 11.8 Å². The number of aryl methyl sites for hydroxylation is 1. The summed E-state index contributed by atoms with van der Waals surface area (Å²) in [5.74, 6) is 0.851. The first-order chi connectivity index (χ1) is 10.2. The van der Waals surface area contributed by atoms with Gasteiger partial charge < -0.3 is 4.42 Å². The van der Waals surface area contributed by atoms with Crippen LogP contribution < -0.4 is 0 Å². The van der Waals surface area contributed by atoms with E-state index in [1.165, 1.54) is 17.8 Å². The van der Waals surface area contributed by atoms with E-state index in [2.05, 4.69) is 15.3 Å². The van der Waals surface area contributed by atoms with E-state index >= 15 is 0 Å². The van der Waals surface area contributed by atoms with Gasteiger partial charge >= 0.3 is 0 Å². The maximum atomic E-state index is 13.5. The highest BCUT2D eigenvalue weighted by molar-refractivity contribution is 7.98. The van der Waals surface area contributed by atoms with E-state index in [0.717, 1.165) is 5.56 Å². The first-order valence-corrected chi connectivity index (χ1v) is 7.35. The number of rotatable bonds is 5. The molecule has 7 heteroatoms. The zero-order valence-electron chi connectivity index (χ0n) is 11.4. The van der Waals surface area contributed by atoms with Crippen LogP contribution in [0.25, 0.3) is 0 Å². The zero-order chi connectivity index (χ0) is 14.7. The molecule has 0 unspecified atom stereocenters. The highest BCUT2D eigenvalue weighted by Gasteiger charge is 2.10. The lowest BCUT2D eigenvalue weighted by Crippen LogP contribution is -1.92. The lowest BCUT2D eigenvalue weighted by atomic mass is 10.1. The Morgan fingerprint density at radius 2 is 2.14 bits per heavy atom. The minimum absolute atomic E-state index is 0.264. The van der Waals surface area contributed by atoms with E-state index in [1.807, 2.05) is 13.2 Å². The Bertz CT molecular complexity index is 740. The molecule has 0 saturated carbocycles. The van der Waals surface area contributed by atoms with E-state index in [1.54, 1.807) is 29.1 Å².